The molecule has 1 N–H and O–H groups in total. The van der Waals surface area contributed by atoms with Gasteiger partial charge in [-0.25, -0.2) is 0 Å². The Hall–Kier alpha value is -0.280. The quantitative estimate of drug-likeness (QED) is 0.231. The second-order valence-electron chi connectivity index (χ2n) is 12.1. The van der Waals surface area contributed by atoms with E-state index in [1.807, 2.05) is 23.5 Å². The number of hydrogen-bond acceptors (Lipinski definition) is 3. The van der Waals surface area contributed by atoms with Gasteiger partial charge >= 0.3 is 0 Å². The predicted octanol–water partition coefficient (Wildman–Crippen LogP) is 10.7. The van der Waals surface area contributed by atoms with Crippen LogP contribution in [0.2, 0.25) is 0 Å². The first-order valence-electron chi connectivity index (χ1n) is 13.4. The molecule has 0 aliphatic rings. The van der Waals surface area contributed by atoms with E-state index >= 15 is 0 Å². The SMILES string of the molecule is CCCCCCC(C)(C)SCc1cc(C(C)(C)C)cc(CSC(C)(C)CCCCCC)c1O. The van der Waals surface area contributed by atoms with Crippen molar-refractivity contribution in [2.45, 2.75) is 153 Å². The second-order valence-corrected chi connectivity index (χ2v) is 15.5. The summed E-state index contributed by atoms with van der Waals surface area (Å²) >= 11 is 4.01. The van der Waals surface area contributed by atoms with Crippen molar-refractivity contribution in [3.05, 3.63) is 28.8 Å². The van der Waals surface area contributed by atoms with E-state index in [-0.39, 0.29) is 14.9 Å². The van der Waals surface area contributed by atoms with E-state index in [0.29, 0.717) is 5.75 Å². The Morgan fingerprint density at radius 3 is 1.36 bits per heavy atom. The molecular formula is C30H54OS2. The van der Waals surface area contributed by atoms with Crippen molar-refractivity contribution in [3.63, 3.8) is 0 Å². The summed E-state index contributed by atoms with van der Waals surface area (Å²) in [7, 11) is 0. The van der Waals surface area contributed by atoms with Gasteiger partial charge in [-0.05, 0) is 23.8 Å². The number of benzene rings is 1. The molecule has 33 heavy (non-hydrogen) atoms. The summed E-state index contributed by atoms with van der Waals surface area (Å²) < 4.78 is 0.487. The minimum absolute atomic E-state index is 0.0812. The molecule has 0 saturated carbocycles. The topological polar surface area (TPSA) is 20.2 Å². The highest BCUT2D eigenvalue weighted by Crippen LogP contribution is 2.41. The molecule has 0 aliphatic heterocycles. The van der Waals surface area contributed by atoms with Gasteiger partial charge in [0.05, 0.1) is 0 Å². The molecule has 0 atom stereocenters. The van der Waals surface area contributed by atoms with E-state index in [2.05, 4.69) is 74.4 Å². The number of rotatable bonds is 16. The predicted molar refractivity (Wildman–Crippen MR) is 155 cm³/mol. The summed E-state index contributed by atoms with van der Waals surface area (Å²) in [5.74, 6) is 2.30. The Morgan fingerprint density at radius 1 is 0.636 bits per heavy atom. The molecule has 1 aromatic rings. The molecule has 1 aromatic carbocycles. The summed E-state index contributed by atoms with van der Waals surface area (Å²) in [6.07, 6.45) is 13.0. The van der Waals surface area contributed by atoms with Crippen molar-refractivity contribution < 1.29 is 5.11 Å². The molecule has 0 saturated heterocycles. The number of hydrogen-bond donors (Lipinski definition) is 1. The fourth-order valence-corrected chi connectivity index (χ4v) is 6.17. The van der Waals surface area contributed by atoms with Gasteiger partial charge in [-0.15, -0.1) is 0 Å². The lowest BCUT2D eigenvalue weighted by molar-refractivity contribution is 0.464. The zero-order valence-electron chi connectivity index (χ0n) is 23.4. The molecule has 0 heterocycles. The van der Waals surface area contributed by atoms with Gasteiger partial charge < -0.3 is 5.11 Å². The first kappa shape index (κ1) is 30.8. The van der Waals surface area contributed by atoms with Gasteiger partial charge in [-0.1, -0.05) is 126 Å². The lowest BCUT2D eigenvalue weighted by atomic mass is 9.85. The van der Waals surface area contributed by atoms with Crippen molar-refractivity contribution in [2.75, 3.05) is 0 Å². The summed E-state index contributed by atoms with van der Waals surface area (Å²) in [4.78, 5) is 0. The zero-order chi connectivity index (χ0) is 25.1. The van der Waals surface area contributed by atoms with Crippen LogP contribution in [0.25, 0.3) is 0 Å². The van der Waals surface area contributed by atoms with E-state index in [4.69, 9.17) is 0 Å². The lowest BCUT2D eigenvalue weighted by Gasteiger charge is -2.27. The van der Waals surface area contributed by atoms with Crippen molar-refractivity contribution >= 4 is 23.5 Å². The highest BCUT2D eigenvalue weighted by molar-refractivity contribution is 8.00. The molecule has 1 nitrogen and oxygen atoms in total. The highest BCUT2D eigenvalue weighted by Gasteiger charge is 2.24. The third-order valence-electron chi connectivity index (χ3n) is 6.64. The Kier molecular flexibility index (Phi) is 13.3. The van der Waals surface area contributed by atoms with E-state index in [1.165, 1.54) is 69.8 Å². The molecule has 0 radical (unpaired) electrons. The minimum Gasteiger partial charge on any atom is -0.507 e. The fourth-order valence-electron chi connectivity index (χ4n) is 4.06. The number of phenolic OH excluding ortho intramolecular Hbond substituents is 1. The average Bonchev–Trinajstić information content (AvgIpc) is 2.72. The number of phenols is 1. The zero-order valence-corrected chi connectivity index (χ0v) is 25.0. The van der Waals surface area contributed by atoms with E-state index in [9.17, 15) is 5.11 Å². The number of unbranched alkanes of at least 4 members (excludes halogenated alkanes) is 6. The molecule has 0 fully saturated rings. The van der Waals surface area contributed by atoms with Crippen LogP contribution in [0.3, 0.4) is 0 Å². The maximum absolute atomic E-state index is 11.2. The molecule has 0 aliphatic carbocycles. The lowest BCUT2D eigenvalue weighted by Crippen LogP contribution is -2.16. The van der Waals surface area contributed by atoms with Crippen LogP contribution in [-0.4, -0.2) is 14.6 Å². The van der Waals surface area contributed by atoms with E-state index < -0.39 is 0 Å². The molecule has 0 unspecified atom stereocenters. The van der Waals surface area contributed by atoms with Crippen LogP contribution in [0.15, 0.2) is 12.1 Å². The van der Waals surface area contributed by atoms with Crippen LogP contribution in [0, 0.1) is 0 Å². The maximum atomic E-state index is 11.2. The Labute approximate surface area is 215 Å². The minimum atomic E-state index is 0.0812. The standard InChI is InChI=1S/C30H54OS2/c1-10-12-14-16-18-29(6,7)32-22-24-20-26(28(3,4)5)21-25(27(24)31)23-33-30(8,9)19-17-15-13-11-2/h20-21,31H,10-19,22-23H2,1-9H3. The monoisotopic (exact) mass is 494 g/mol. The van der Waals surface area contributed by atoms with Crippen molar-refractivity contribution in [3.8, 4) is 5.75 Å². The molecule has 0 spiro atoms. The first-order valence-corrected chi connectivity index (χ1v) is 15.4. The molecule has 192 valence electrons. The summed E-state index contributed by atoms with van der Waals surface area (Å²) in [5, 5.41) is 11.2. The van der Waals surface area contributed by atoms with Gasteiger partial charge in [-0.3, -0.25) is 0 Å². The van der Waals surface area contributed by atoms with Crippen LogP contribution in [0.4, 0.5) is 0 Å². The summed E-state index contributed by atoms with van der Waals surface area (Å²) in [6.45, 7) is 20.9. The van der Waals surface area contributed by atoms with Crippen molar-refractivity contribution in [2.24, 2.45) is 0 Å². The van der Waals surface area contributed by atoms with Crippen LogP contribution in [0.1, 0.15) is 143 Å². The largest absolute Gasteiger partial charge is 0.507 e. The molecule has 0 aromatic heterocycles. The van der Waals surface area contributed by atoms with Crippen LogP contribution < -0.4 is 0 Å². The highest BCUT2D eigenvalue weighted by atomic mass is 32.2. The molecular weight excluding hydrogens is 440 g/mol. The first-order chi connectivity index (χ1) is 15.3. The normalized spacial score (nSPS) is 13.0. The van der Waals surface area contributed by atoms with E-state index in [1.54, 1.807) is 0 Å². The van der Waals surface area contributed by atoms with Gasteiger partial charge in [0.2, 0.25) is 0 Å². The van der Waals surface area contributed by atoms with Crippen LogP contribution in [-0.2, 0) is 16.9 Å². The molecule has 1 rings (SSSR count). The van der Waals surface area contributed by atoms with Gasteiger partial charge in [0, 0.05) is 32.1 Å². The molecule has 0 amide bonds. The van der Waals surface area contributed by atoms with Gasteiger partial charge in [0.1, 0.15) is 5.75 Å². The Balaban J connectivity index is 2.92. The fraction of sp³-hybridized carbons (Fsp3) is 0.800. The molecule has 0 bridgehead atoms. The third-order valence-corrected chi connectivity index (χ3v) is 9.52. The smallest absolute Gasteiger partial charge is 0.123 e. The second kappa shape index (κ2) is 14.3. The average molecular weight is 495 g/mol. The third kappa shape index (κ3) is 12.3. The summed E-state index contributed by atoms with van der Waals surface area (Å²) in [6, 6.07) is 4.53. The van der Waals surface area contributed by atoms with Crippen LogP contribution >= 0.6 is 23.5 Å². The Morgan fingerprint density at radius 2 is 1.03 bits per heavy atom. The number of thioether (sulfide) groups is 2. The summed E-state index contributed by atoms with van der Waals surface area (Å²) in [5.41, 5.74) is 3.65. The van der Waals surface area contributed by atoms with Crippen molar-refractivity contribution in [1.82, 2.24) is 0 Å². The van der Waals surface area contributed by atoms with Crippen molar-refractivity contribution in [1.29, 1.82) is 0 Å². The number of aromatic hydroxyl groups is 1. The van der Waals surface area contributed by atoms with Gasteiger partial charge in [0.15, 0.2) is 0 Å². The van der Waals surface area contributed by atoms with E-state index in [0.717, 1.165) is 22.6 Å². The maximum Gasteiger partial charge on any atom is 0.123 e. The van der Waals surface area contributed by atoms with Gasteiger partial charge in [0.25, 0.3) is 0 Å². The van der Waals surface area contributed by atoms with Gasteiger partial charge in [-0.2, -0.15) is 23.5 Å². The molecule has 3 heteroatoms. The Bertz CT molecular complexity index is 636. The van der Waals surface area contributed by atoms with Crippen LogP contribution in [0.5, 0.6) is 5.75 Å².